The van der Waals surface area contributed by atoms with Crippen molar-refractivity contribution in [3.63, 3.8) is 0 Å². The molecule has 1 aliphatic rings. The van der Waals surface area contributed by atoms with Crippen molar-refractivity contribution in [2.75, 3.05) is 6.61 Å². The molecular weight excluding hydrogens is 354 g/mol. The van der Waals surface area contributed by atoms with Crippen LogP contribution in [0.1, 0.15) is 54.1 Å². The average molecular weight is 378 g/mol. The molecule has 0 fully saturated rings. The number of fused-ring (bicyclic) bond motifs is 1. The predicted molar refractivity (Wildman–Crippen MR) is 110 cm³/mol. The summed E-state index contributed by atoms with van der Waals surface area (Å²) in [5.74, 6) is 0.928. The summed E-state index contributed by atoms with van der Waals surface area (Å²) in [5.41, 5.74) is 2.77. The summed E-state index contributed by atoms with van der Waals surface area (Å²) in [7, 11) is 0. The van der Waals surface area contributed by atoms with Gasteiger partial charge in [0.2, 0.25) is 5.78 Å². The third kappa shape index (κ3) is 5.02. The first-order valence-electron chi connectivity index (χ1n) is 9.38. The van der Waals surface area contributed by atoms with Gasteiger partial charge in [0.1, 0.15) is 5.75 Å². The van der Waals surface area contributed by atoms with E-state index in [1.807, 2.05) is 48.5 Å². The van der Waals surface area contributed by atoms with E-state index in [1.165, 1.54) is 24.6 Å². The number of aryl methyl sites for hydroxylation is 1. The summed E-state index contributed by atoms with van der Waals surface area (Å²) in [5, 5.41) is 8.73. The second-order valence-corrected chi connectivity index (χ2v) is 7.64. The lowest BCUT2D eigenvalue weighted by Crippen LogP contribution is -1.97. The van der Waals surface area contributed by atoms with Crippen molar-refractivity contribution < 1.29 is 9.53 Å². The van der Waals surface area contributed by atoms with E-state index in [4.69, 9.17) is 10.00 Å². The molecule has 138 valence electrons. The Hall–Kier alpha value is -2.51. The van der Waals surface area contributed by atoms with Crippen LogP contribution in [0.25, 0.3) is 6.08 Å². The molecule has 0 aromatic heterocycles. The summed E-state index contributed by atoms with van der Waals surface area (Å²) < 4.78 is 5.73. The number of hydrogen-bond donors (Lipinski definition) is 0. The number of rotatable bonds is 8. The Morgan fingerprint density at radius 2 is 1.96 bits per heavy atom. The van der Waals surface area contributed by atoms with E-state index in [1.54, 1.807) is 0 Å². The second kappa shape index (κ2) is 9.43. The SMILES string of the molecule is CCCCCOc1ccc(/C=C2\Sc3ccc(CCC#N)cc3C2=O)cc1. The fraction of sp³-hybridized carbons (Fsp3) is 0.304. The van der Waals surface area contributed by atoms with E-state index >= 15 is 0 Å². The maximum Gasteiger partial charge on any atom is 0.200 e. The lowest BCUT2D eigenvalue weighted by Gasteiger charge is -2.05. The van der Waals surface area contributed by atoms with Gasteiger partial charge in [-0.3, -0.25) is 4.79 Å². The van der Waals surface area contributed by atoms with Gasteiger partial charge in [-0.15, -0.1) is 0 Å². The number of unbranched alkanes of at least 4 members (excludes halogenated alkanes) is 2. The Bertz CT molecular complexity index is 878. The smallest absolute Gasteiger partial charge is 0.200 e. The van der Waals surface area contributed by atoms with Gasteiger partial charge in [-0.25, -0.2) is 0 Å². The number of allylic oxidation sites excluding steroid dienone is 1. The normalized spacial score (nSPS) is 14.2. The highest BCUT2D eigenvalue weighted by molar-refractivity contribution is 8.04. The number of ketones is 1. The maximum absolute atomic E-state index is 12.7. The largest absolute Gasteiger partial charge is 0.494 e. The molecule has 0 spiro atoms. The van der Waals surface area contributed by atoms with E-state index < -0.39 is 0 Å². The molecule has 0 atom stereocenters. The predicted octanol–water partition coefficient (Wildman–Crippen LogP) is 6.04. The van der Waals surface area contributed by atoms with Crippen molar-refractivity contribution in [3.8, 4) is 11.8 Å². The fourth-order valence-electron chi connectivity index (χ4n) is 2.95. The standard InChI is InChI=1S/C23H23NO2S/c1-2-3-4-14-26-19-10-7-18(8-11-19)16-22-23(25)20-15-17(6-5-13-24)9-12-21(20)27-22/h7-12,15-16H,2-6,14H2,1H3/b22-16-. The van der Waals surface area contributed by atoms with E-state index in [9.17, 15) is 4.79 Å². The van der Waals surface area contributed by atoms with Crippen molar-refractivity contribution in [1.82, 2.24) is 0 Å². The van der Waals surface area contributed by atoms with E-state index in [0.717, 1.165) is 45.3 Å². The Morgan fingerprint density at radius 3 is 2.70 bits per heavy atom. The third-order valence-corrected chi connectivity index (χ3v) is 5.55. The number of ether oxygens (including phenoxy) is 1. The van der Waals surface area contributed by atoms with Crippen LogP contribution < -0.4 is 4.74 Å². The summed E-state index contributed by atoms with van der Waals surface area (Å²) in [6, 6.07) is 15.9. The molecule has 0 unspecified atom stereocenters. The number of carbonyl (C=O) groups is 1. The van der Waals surface area contributed by atoms with Crippen molar-refractivity contribution >= 4 is 23.6 Å². The van der Waals surface area contributed by atoms with Gasteiger partial charge in [0.05, 0.1) is 17.6 Å². The van der Waals surface area contributed by atoms with Gasteiger partial charge >= 0.3 is 0 Å². The van der Waals surface area contributed by atoms with Crippen molar-refractivity contribution in [3.05, 3.63) is 64.1 Å². The molecule has 0 bridgehead atoms. The molecule has 1 heterocycles. The summed E-state index contributed by atoms with van der Waals surface area (Å²) in [4.78, 5) is 14.4. The van der Waals surface area contributed by atoms with Gasteiger partial charge in [0.25, 0.3) is 0 Å². The van der Waals surface area contributed by atoms with E-state index in [-0.39, 0.29) is 5.78 Å². The molecule has 0 amide bonds. The highest BCUT2D eigenvalue weighted by atomic mass is 32.2. The molecule has 27 heavy (non-hydrogen) atoms. The first-order chi connectivity index (χ1) is 13.2. The van der Waals surface area contributed by atoms with Crippen LogP contribution in [0.15, 0.2) is 52.3 Å². The molecule has 2 aromatic carbocycles. The number of nitrogens with zero attached hydrogens (tertiary/aromatic N) is 1. The Labute approximate surface area is 165 Å². The Balaban J connectivity index is 1.67. The quantitative estimate of drug-likeness (QED) is 0.415. The molecule has 1 aliphatic heterocycles. The van der Waals surface area contributed by atoms with Gasteiger partial charge in [-0.2, -0.15) is 5.26 Å². The van der Waals surface area contributed by atoms with Crippen LogP contribution in [0.2, 0.25) is 0 Å². The molecule has 4 heteroatoms. The number of Topliss-reactive ketones (excluding diaryl/α,β-unsaturated/α-hetero) is 1. The summed E-state index contributed by atoms with van der Waals surface area (Å²) in [6.45, 7) is 2.92. The van der Waals surface area contributed by atoms with Gasteiger partial charge in [-0.05, 0) is 54.3 Å². The number of thioether (sulfide) groups is 1. The number of carbonyl (C=O) groups excluding carboxylic acids is 1. The van der Waals surface area contributed by atoms with Crippen LogP contribution >= 0.6 is 11.8 Å². The number of benzene rings is 2. The van der Waals surface area contributed by atoms with Crippen LogP contribution in [0.4, 0.5) is 0 Å². The molecule has 3 nitrogen and oxygen atoms in total. The van der Waals surface area contributed by atoms with Crippen LogP contribution in [-0.4, -0.2) is 12.4 Å². The maximum atomic E-state index is 12.7. The summed E-state index contributed by atoms with van der Waals surface area (Å²) >= 11 is 1.51. The van der Waals surface area contributed by atoms with Crippen molar-refractivity contribution in [2.45, 2.75) is 43.9 Å². The van der Waals surface area contributed by atoms with Crippen molar-refractivity contribution in [2.24, 2.45) is 0 Å². The highest BCUT2D eigenvalue weighted by Crippen LogP contribution is 2.41. The zero-order valence-electron chi connectivity index (χ0n) is 15.5. The molecule has 0 saturated heterocycles. The highest BCUT2D eigenvalue weighted by Gasteiger charge is 2.26. The van der Waals surface area contributed by atoms with Crippen LogP contribution in [0.3, 0.4) is 0 Å². The van der Waals surface area contributed by atoms with Gasteiger partial charge in [-0.1, -0.05) is 49.7 Å². The van der Waals surface area contributed by atoms with Crippen LogP contribution in [0.5, 0.6) is 5.75 Å². The van der Waals surface area contributed by atoms with Crippen LogP contribution in [-0.2, 0) is 6.42 Å². The molecule has 0 radical (unpaired) electrons. The minimum Gasteiger partial charge on any atom is -0.494 e. The third-order valence-electron chi connectivity index (χ3n) is 4.45. The van der Waals surface area contributed by atoms with Gasteiger partial charge in [0.15, 0.2) is 0 Å². The first-order valence-corrected chi connectivity index (χ1v) is 10.2. The lowest BCUT2D eigenvalue weighted by molar-refractivity contribution is 0.104. The number of hydrogen-bond acceptors (Lipinski definition) is 4. The Kier molecular flexibility index (Phi) is 6.73. The van der Waals surface area contributed by atoms with E-state index in [2.05, 4.69) is 13.0 Å². The second-order valence-electron chi connectivity index (χ2n) is 6.55. The first kappa shape index (κ1) is 19.3. The topological polar surface area (TPSA) is 50.1 Å². The monoisotopic (exact) mass is 377 g/mol. The van der Waals surface area contributed by atoms with Gasteiger partial charge < -0.3 is 4.74 Å². The van der Waals surface area contributed by atoms with Crippen molar-refractivity contribution in [1.29, 1.82) is 5.26 Å². The molecule has 0 aliphatic carbocycles. The fourth-order valence-corrected chi connectivity index (χ4v) is 3.98. The molecule has 0 saturated carbocycles. The zero-order valence-corrected chi connectivity index (χ0v) is 16.3. The molecule has 0 N–H and O–H groups in total. The Morgan fingerprint density at radius 1 is 1.15 bits per heavy atom. The molecule has 3 rings (SSSR count). The van der Waals surface area contributed by atoms with Crippen LogP contribution in [0, 0.1) is 11.3 Å². The average Bonchev–Trinajstić information content (AvgIpc) is 3.00. The van der Waals surface area contributed by atoms with Gasteiger partial charge in [0, 0.05) is 16.9 Å². The number of nitriles is 1. The molecular formula is C23H23NO2S. The zero-order chi connectivity index (χ0) is 19.1. The minimum atomic E-state index is 0.0636. The lowest BCUT2D eigenvalue weighted by atomic mass is 10.0. The summed E-state index contributed by atoms with van der Waals surface area (Å²) in [6.07, 6.45) is 6.52. The van der Waals surface area contributed by atoms with E-state index in [0.29, 0.717) is 12.8 Å². The molecule has 2 aromatic rings. The minimum absolute atomic E-state index is 0.0636.